The van der Waals surface area contributed by atoms with Gasteiger partial charge in [0.15, 0.2) is 6.29 Å². The lowest BCUT2D eigenvalue weighted by atomic mass is 9.97. The molecule has 0 bridgehead atoms. The van der Waals surface area contributed by atoms with Gasteiger partial charge >= 0.3 is 0 Å². The van der Waals surface area contributed by atoms with Gasteiger partial charge in [-0.2, -0.15) is 0 Å². The van der Waals surface area contributed by atoms with E-state index in [1.165, 1.54) is 6.07 Å². The zero-order chi connectivity index (χ0) is 12.4. The number of hydrogen-bond donors (Lipinski definition) is 0. The second kappa shape index (κ2) is 4.50. The molecule has 2 aromatic rings. The Labute approximate surface area is 99.9 Å². The van der Waals surface area contributed by atoms with Crippen LogP contribution in [0.4, 0.5) is 4.39 Å². The minimum absolute atomic E-state index is 0.100. The topological polar surface area (TPSA) is 17.1 Å². The van der Waals surface area contributed by atoms with Crippen LogP contribution in [-0.2, 0) is 0 Å². The summed E-state index contributed by atoms with van der Waals surface area (Å²) in [6.45, 7) is 4.01. The van der Waals surface area contributed by atoms with Crippen molar-refractivity contribution >= 4 is 6.29 Å². The summed E-state index contributed by atoms with van der Waals surface area (Å²) >= 11 is 0. The van der Waals surface area contributed by atoms with Gasteiger partial charge in [-0.3, -0.25) is 4.79 Å². The van der Waals surface area contributed by atoms with Crippen LogP contribution < -0.4 is 0 Å². The van der Waals surface area contributed by atoms with Gasteiger partial charge in [0.2, 0.25) is 0 Å². The van der Waals surface area contributed by atoms with E-state index in [9.17, 15) is 9.18 Å². The number of carbonyl (C=O) groups excluding carboxylic acids is 1. The van der Waals surface area contributed by atoms with Gasteiger partial charge in [0.05, 0.1) is 5.56 Å². The van der Waals surface area contributed by atoms with E-state index >= 15 is 0 Å². The van der Waals surface area contributed by atoms with Crippen molar-refractivity contribution in [2.45, 2.75) is 13.8 Å². The fraction of sp³-hybridized carbons (Fsp3) is 0.133. The predicted octanol–water partition coefficient (Wildman–Crippen LogP) is 3.92. The van der Waals surface area contributed by atoms with Crippen LogP contribution in [0.5, 0.6) is 0 Å². The average molecular weight is 228 g/mol. The molecule has 0 aliphatic heterocycles. The van der Waals surface area contributed by atoms with E-state index in [1.54, 1.807) is 12.1 Å². The molecule has 0 amide bonds. The largest absolute Gasteiger partial charge is 0.298 e. The molecule has 17 heavy (non-hydrogen) atoms. The van der Waals surface area contributed by atoms with E-state index in [0.717, 1.165) is 22.3 Å². The van der Waals surface area contributed by atoms with Crippen molar-refractivity contribution in [3.05, 3.63) is 58.9 Å². The molecular weight excluding hydrogens is 215 g/mol. The third-order valence-corrected chi connectivity index (χ3v) is 2.83. The summed E-state index contributed by atoms with van der Waals surface area (Å²) in [5.41, 5.74) is 4.26. The second-order valence-corrected chi connectivity index (χ2v) is 4.17. The van der Waals surface area contributed by atoms with Gasteiger partial charge in [-0.25, -0.2) is 4.39 Å². The molecule has 0 spiro atoms. The van der Waals surface area contributed by atoms with E-state index < -0.39 is 5.82 Å². The van der Waals surface area contributed by atoms with Crippen molar-refractivity contribution in [1.29, 1.82) is 0 Å². The maximum atomic E-state index is 13.2. The molecule has 2 aromatic carbocycles. The summed E-state index contributed by atoms with van der Waals surface area (Å²) in [5.74, 6) is -0.478. The second-order valence-electron chi connectivity index (χ2n) is 4.17. The zero-order valence-electron chi connectivity index (χ0n) is 9.83. The van der Waals surface area contributed by atoms with Gasteiger partial charge in [-0.05, 0) is 42.7 Å². The van der Waals surface area contributed by atoms with Crippen molar-refractivity contribution < 1.29 is 9.18 Å². The van der Waals surface area contributed by atoms with Crippen LogP contribution in [0.3, 0.4) is 0 Å². The fourth-order valence-electron chi connectivity index (χ4n) is 1.85. The lowest BCUT2D eigenvalue weighted by Crippen LogP contribution is -1.90. The van der Waals surface area contributed by atoms with Gasteiger partial charge in [0, 0.05) is 0 Å². The Hall–Kier alpha value is -1.96. The molecule has 0 N–H and O–H groups in total. The van der Waals surface area contributed by atoms with E-state index in [2.05, 4.69) is 0 Å². The van der Waals surface area contributed by atoms with E-state index in [4.69, 9.17) is 0 Å². The number of hydrogen-bond acceptors (Lipinski definition) is 1. The third-order valence-electron chi connectivity index (χ3n) is 2.83. The lowest BCUT2D eigenvalue weighted by Gasteiger charge is -2.08. The van der Waals surface area contributed by atoms with Gasteiger partial charge in [-0.1, -0.05) is 29.8 Å². The minimum Gasteiger partial charge on any atom is -0.298 e. The first-order valence-corrected chi connectivity index (χ1v) is 5.44. The van der Waals surface area contributed by atoms with Crippen LogP contribution in [0.1, 0.15) is 21.5 Å². The van der Waals surface area contributed by atoms with Crippen LogP contribution in [-0.4, -0.2) is 6.29 Å². The summed E-state index contributed by atoms with van der Waals surface area (Å²) < 4.78 is 13.2. The molecule has 0 saturated carbocycles. The number of aryl methyl sites for hydroxylation is 2. The number of carbonyl (C=O) groups is 1. The standard InChI is InChI=1S/C15H13FO/c1-10-3-4-11(2)14(7-10)12-5-6-15(16)13(8-12)9-17/h3-9H,1-2H3. The zero-order valence-corrected chi connectivity index (χ0v) is 9.83. The molecule has 0 aliphatic rings. The molecule has 0 radical (unpaired) electrons. The SMILES string of the molecule is Cc1ccc(C)c(-c2ccc(F)c(C=O)c2)c1. The molecule has 0 atom stereocenters. The average Bonchev–Trinajstić information content (AvgIpc) is 2.33. The summed E-state index contributed by atoms with van der Waals surface area (Å²) in [6, 6.07) is 10.7. The summed E-state index contributed by atoms with van der Waals surface area (Å²) in [5, 5.41) is 0. The first-order valence-electron chi connectivity index (χ1n) is 5.44. The van der Waals surface area contributed by atoms with Crippen LogP contribution in [0, 0.1) is 19.7 Å². The van der Waals surface area contributed by atoms with Crippen LogP contribution >= 0.6 is 0 Å². The molecule has 0 heterocycles. The lowest BCUT2D eigenvalue weighted by molar-refractivity contribution is 0.112. The van der Waals surface area contributed by atoms with Crippen molar-refractivity contribution in [2.24, 2.45) is 0 Å². The molecule has 0 saturated heterocycles. The van der Waals surface area contributed by atoms with E-state index in [-0.39, 0.29) is 5.56 Å². The highest BCUT2D eigenvalue weighted by Gasteiger charge is 2.06. The highest BCUT2D eigenvalue weighted by molar-refractivity contribution is 5.80. The van der Waals surface area contributed by atoms with Crippen molar-refractivity contribution in [2.75, 3.05) is 0 Å². The molecule has 0 aromatic heterocycles. The Morgan fingerprint density at radius 3 is 2.53 bits per heavy atom. The maximum Gasteiger partial charge on any atom is 0.153 e. The highest BCUT2D eigenvalue weighted by Crippen LogP contribution is 2.25. The van der Waals surface area contributed by atoms with Crippen LogP contribution in [0.25, 0.3) is 11.1 Å². The van der Waals surface area contributed by atoms with Gasteiger partial charge < -0.3 is 0 Å². The van der Waals surface area contributed by atoms with Gasteiger partial charge in [0.25, 0.3) is 0 Å². The highest BCUT2D eigenvalue weighted by atomic mass is 19.1. The fourth-order valence-corrected chi connectivity index (χ4v) is 1.85. The number of benzene rings is 2. The van der Waals surface area contributed by atoms with E-state index in [0.29, 0.717) is 6.29 Å². The molecule has 0 unspecified atom stereocenters. The Morgan fingerprint density at radius 1 is 1.06 bits per heavy atom. The van der Waals surface area contributed by atoms with Crippen molar-refractivity contribution in [3.63, 3.8) is 0 Å². The first-order chi connectivity index (χ1) is 8.11. The predicted molar refractivity (Wildman–Crippen MR) is 66.7 cm³/mol. The van der Waals surface area contributed by atoms with E-state index in [1.807, 2.05) is 32.0 Å². The number of rotatable bonds is 2. The first kappa shape index (κ1) is 11.5. The third kappa shape index (κ3) is 2.26. The van der Waals surface area contributed by atoms with Crippen LogP contribution in [0.2, 0.25) is 0 Å². The molecule has 0 fully saturated rings. The Kier molecular flexibility index (Phi) is 3.05. The summed E-state index contributed by atoms with van der Waals surface area (Å²) in [6.07, 6.45) is 0.546. The van der Waals surface area contributed by atoms with Crippen molar-refractivity contribution in [3.8, 4) is 11.1 Å². The normalized spacial score (nSPS) is 10.3. The quantitative estimate of drug-likeness (QED) is 0.712. The molecular formula is C15H13FO. The monoisotopic (exact) mass is 228 g/mol. The summed E-state index contributed by atoms with van der Waals surface area (Å²) in [7, 11) is 0. The molecule has 2 rings (SSSR count). The Bertz CT molecular complexity index is 573. The van der Waals surface area contributed by atoms with Gasteiger partial charge in [-0.15, -0.1) is 0 Å². The minimum atomic E-state index is -0.478. The summed E-state index contributed by atoms with van der Waals surface area (Å²) in [4.78, 5) is 10.7. The Balaban J connectivity index is 2.60. The smallest absolute Gasteiger partial charge is 0.153 e. The van der Waals surface area contributed by atoms with Crippen molar-refractivity contribution in [1.82, 2.24) is 0 Å². The number of halogens is 1. The Morgan fingerprint density at radius 2 is 1.82 bits per heavy atom. The molecule has 1 nitrogen and oxygen atoms in total. The number of aldehydes is 1. The molecule has 0 aliphatic carbocycles. The van der Waals surface area contributed by atoms with Crippen LogP contribution in [0.15, 0.2) is 36.4 Å². The molecule has 2 heteroatoms. The van der Waals surface area contributed by atoms with Gasteiger partial charge in [0.1, 0.15) is 5.82 Å². The molecule has 86 valence electrons. The maximum absolute atomic E-state index is 13.2.